The van der Waals surface area contributed by atoms with Crippen molar-refractivity contribution in [3.63, 3.8) is 0 Å². The third-order valence-electron chi connectivity index (χ3n) is 18.5. The Morgan fingerprint density at radius 1 is 0.528 bits per heavy atom. The van der Waals surface area contributed by atoms with Crippen molar-refractivity contribution in [2.75, 3.05) is 62.3 Å². The summed E-state index contributed by atoms with van der Waals surface area (Å²) >= 11 is 0. The van der Waals surface area contributed by atoms with Crippen molar-refractivity contribution in [3.8, 4) is 11.5 Å². The van der Waals surface area contributed by atoms with Crippen LogP contribution in [0, 0.1) is 0 Å². The highest BCUT2D eigenvalue weighted by atomic mass is 16.7. The molecule has 5 aliphatic heterocycles. The van der Waals surface area contributed by atoms with Crippen LogP contribution in [0.3, 0.4) is 0 Å². The number of nitrogens with zero attached hydrogens (tertiary/aromatic N) is 16. The Morgan fingerprint density at radius 3 is 1.50 bits per heavy atom. The Bertz CT molecular complexity index is 4210. The fourth-order valence-corrected chi connectivity index (χ4v) is 14.3. The van der Waals surface area contributed by atoms with Crippen LogP contribution in [0.4, 0.5) is 11.4 Å². The number of carbonyl (C=O) groups excluding carboxylic acids is 9. The van der Waals surface area contributed by atoms with E-state index in [1.807, 2.05) is 34.1 Å². The number of benzene rings is 3. The Kier molecular flexibility index (Phi) is 23.7. The molecule has 36 heteroatoms. The number of hydrogen-bond acceptors (Lipinski definition) is 32. The van der Waals surface area contributed by atoms with Gasteiger partial charge in [-0.3, -0.25) is 62.4 Å². The fraction of sp³-hybridized carbons (Fsp3) is 0.529. The lowest BCUT2D eigenvalue weighted by Crippen LogP contribution is -2.66. The van der Waals surface area contributed by atoms with Gasteiger partial charge in [-0.15, -0.1) is 15.3 Å². The maximum Gasteiger partial charge on any atom is 0.305 e. The zero-order valence-electron chi connectivity index (χ0n) is 60.9. The molecule has 2 saturated heterocycles. The van der Waals surface area contributed by atoms with E-state index in [4.69, 9.17) is 52.1 Å². The fourth-order valence-electron chi connectivity index (χ4n) is 14.3. The minimum Gasteiger partial charge on any atom is -0.463 e. The summed E-state index contributed by atoms with van der Waals surface area (Å²) in [6.07, 6.45) is -6.54. The quantitative estimate of drug-likeness (QED) is 0.0466. The summed E-state index contributed by atoms with van der Waals surface area (Å²) in [6.45, 7) is 20.1. The van der Waals surface area contributed by atoms with Gasteiger partial charge in [-0.1, -0.05) is 51.2 Å². The SMILES string of the molecule is CCN(CC)c1ccc2c(c1)Oc1cc(N(CC)CC)ccc1C21c2ccccc2C(=O)N1Cc1cn(CCn2cc(CN(Cc3cn(C4C(OC(C)=O)OC(COC(C)=O)C(OC(C)=O)C4OC(C)=O)nn3)CC3CN(C4C(OC(C)=O)OC(COC(C)=O)C(OC(C)=O)C4OC(C)=O)N=N3)nn2)nn1. The Hall–Kier alpha value is -11.0. The van der Waals surface area contributed by atoms with Crippen molar-refractivity contribution in [2.45, 2.75) is 189 Å². The van der Waals surface area contributed by atoms with Crippen LogP contribution in [0.25, 0.3) is 0 Å². The number of anilines is 2. The van der Waals surface area contributed by atoms with Crippen LogP contribution in [-0.2, 0) is 124 Å². The Labute approximate surface area is 609 Å². The number of amides is 1. The van der Waals surface area contributed by atoms with E-state index in [2.05, 4.69) is 115 Å². The van der Waals surface area contributed by atoms with Crippen LogP contribution in [0.5, 0.6) is 11.5 Å². The normalized spacial score (nSPS) is 22.5. The summed E-state index contributed by atoms with van der Waals surface area (Å²) in [5.41, 5.74) is 5.06. The molecule has 3 aromatic heterocycles. The number of hydrogen-bond donors (Lipinski definition) is 0. The average molecular weight is 1470 g/mol. The van der Waals surface area contributed by atoms with Crippen molar-refractivity contribution in [1.82, 2.24) is 59.8 Å². The molecule has 5 aliphatic rings. The molecule has 0 aliphatic carbocycles. The minimum absolute atomic E-state index is 0.0429. The molecule has 0 bridgehead atoms. The first kappa shape index (κ1) is 76.1. The van der Waals surface area contributed by atoms with Crippen LogP contribution >= 0.6 is 0 Å². The summed E-state index contributed by atoms with van der Waals surface area (Å²) in [7, 11) is 0. The highest BCUT2D eigenvalue weighted by molar-refractivity contribution is 6.02. The van der Waals surface area contributed by atoms with Gasteiger partial charge in [0.2, 0.25) is 12.6 Å². The summed E-state index contributed by atoms with van der Waals surface area (Å²) in [4.78, 5) is 124. The molecule has 0 radical (unpaired) electrons. The van der Waals surface area contributed by atoms with Gasteiger partial charge < -0.3 is 66.8 Å². The molecule has 0 saturated carbocycles. The van der Waals surface area contributed by atoms with Gasteiger partial charge >= 0.3 is 47.8 Å². The second-order valence-corrected chi connectivity index (χ2v) is 25.9. The first-order valence-electron chi connectivity index (χ1n) is 34.9. The van der Waals surface area contributed by atoms with Crippen molar-refractivity contribution in [2.24, 2.45) is 10.3 Å². The van der Waals surface area contributed by atoms with Gasteiger partial charge in [0, 0.05) is 148 Å². The molecule has 106 heavy (non-hydrogen) atoms. The van der Waals surface area contributed by atoms with Crippen LogP contribution in [0.15, 0.2) is 89.6 Å². The maximum atomic E-state index is 15.2. The second kappa shape index (κ2) is 33.0. The molecule has 2 fully saturated rings. The largest absolute Gasteiger partial charge is 0.463 e. The van der Waals surface area contributed by atoms with Gasteiger partial charge in [0.15, 0.2) is 36.5 Å². The monoisotopic (exact) mass is 1470 g/mol. The molecule has 3 aromatic carbocycles. The van der Waals surface area contributed by atoms with Gasteiger partial charge in [0.25, 0.3) is 5.91 Å². The van der Waals surface area contributed by atoms with Crippen molar-refractivity contribution in [3.05, 3.63) is 119 Å². The molecular formula is C70H86N16O20. The van der Waals surface area contributed by atoms with E-state index in [0.717, 1.165) is 110 Å². The number of aryl methyl sites for hydroxylation is 2. The van der Waals surface area contributed by atoms with Gasteiger partial charge in [0.1, 0.15) is 54.2 Å². The maximum absolute atomic E-state index is 15.2. The number of fused-ring (bicyclic) bond motifs is 6. The van der Waals surface area contributed by atoms with E-state index < -0.39 is 134 Å². The predicted molar refractivity (Wildman–Crippen MR) is 365 cm³/mol. The molecule has 8 heterocycles. The van der Waals surface area contributed by atoms with Crippen molar-refractivity contribution < 1.29 is 95.3 Å². The molecule has 11 rings (SSSR count). The summed E-state index contributed by atoms with van der Waals surface area (Å²) in [5.74, 6) is -5.21. The van der Waals surface area contributed by atoms with Gasteiger partial charge in [-0.05, 0) is 51.5 Å². The van der Waals surface area contributed by atoms with E-state index in [9.17, 15) is 38.4 Å². The smallest absolute Gasteiger partial charge is 0.305 e. The molecule has 566 valence electrons. The van der Waals surface area contributed by atoms with Gasteiger partial charge in [-0.25, -0.2) is 4.68 Å². The molecule has 36 nitrogen and oxygen atoms in total. The number of esters is 8. The topological polar surface area (TPSA) is 388 Å². The number of rotatable bonds is 29. The number of aromatic nitrogens is 9. The lowest BCUT2D eigenvalue weighted by Gasteiger charge is -2.46. The van der Waals surface area contributed by atoms with E-state index in [1.165, 1.54) is 15.9 Å². The summed E-state index contributed by atoms with van der Waals surface area (Å²) in [6, 6.07) is 16.7. The third kappa shape index (κ3) is 16.7. The van der Waals surface area contributed by atoms with E-state index in [0.29, 0.717) is 28.5 Å². The zero-order chi connectivity index (χ0) is 75.8. The molecular weight excluding hydrogens is 1380 g/mol. The molecule has 11 atom stereocenters. The van der Waals surface area contributed by atoms with Crippen LogP contribution < -0.4 is 14.5 Å². The highest BCUT2D eigenvalue weighted by Crippen LogP contribution is 2.59. The number of ether oxygens (including phenoxy) is 11. The third-order valence-corrected chi connectivity index (χ3v) is 18.5. The Balaban J connectivity index is 0.877. The van der Waals surface area contributed by atoms with Crippen molar-refractivity contribution >= 4 is 65.0 Å². The number of carbonyl (C=O) groups is 9. The molecule has 0 N–H and O–H groups in total. The van der Waals surface area contributed by atoms with Crippen LogP contribution in [-0.4, -0.2) is 227 Å². The van der Waals surface area contributed by atoms with E-state index in [1.54, 1.807) is 21.8 Å². The lowest BCUT2D eigenvalue weighted by molar-refractivity contribution is -0.285. The zero-order valence-corrected chi connectivity index (χ0v) is 60.9. The summed E-state index contributed by atoms with van der Waals surface area (Å²) in [5, 5.41) is 37.5. The minimum atomic E-state index is -1.59. The second-order valence-electron chi connectivity index (χ2n) is 25.9. The predicted octanol–water partition coefficient (Wildman–Crippen LogP) is 4.30. The highest BCUT2D eigenvalue weighted by Gasteiger charge is 2.59. The van der Waals surface area contributed by atoms with Crippen molar-refractivity contribution in [1.29, 1.82) is 0 Å². The molecule has 1 spiro atoms. The molecule has 1 amide bonds. The lowest BCUT2D eigenvalue weighted by atomic mass is 9.74. The first-order valence-corrected chi connectivity index (χ1v) is 34.9. The average Bonchev–Trinajstić information content (AvgIpc) is 1.50. The molecule has 11 unspecified atom stereocenters. The summed E-state index contributed by atoms with van der Waals surface area (Å²) < 4.78 is 68.5. The standard InChI is InChI=1S/C70H86N16O20/c1-13-80(14-2)51-21-23-55-57(27-51)104-58-28-52(81(15-3)16-4)22-24-56(58)70(55)54-20-18-17-19-53(54)67(95)84(70)34-50-33-83(76-72-50)26-25-82-32-47(71-75-82)29-79(30-48-35-85(77-73-48)61-65(100-43(9)91)63(98-41(7)89)59(37-96-39(5)87)105-68(61)102-45(11)93)31-49-36-86(78-74-49)62-66(101-44(10)92)64(99-42(8)90)60(38-97-40(6)88)106-69(62)103-46(12)94/h17-24,27-28,32-33,35,49,59-66,68-69H,13-16,25-26,29-31,34,36-38H2,1-12H3. The Morgan fingerprint density at radius 2 is 0.991 bits per heavy atom. The van der Waals surface area contributed by atoms with Crippen LogP contribution in [0.2, 0.25) is 0 Å². The van der Waals surface area contributed by atoms with Gasteiger partial charge in [-0.2, -0.15) is 5.11 Å². The van der Waals surface area contributed by atoms with E-state index in [-0.39, 0.29) is 57.4 Å². The first-order chi connectivity index (χ1) is 50.8. The van der Waals surface area contributed by atoms with Crippen LogP contribution in [0.1, 0.15) is 133 Å². The molecule has 6 aromatic rings. The van der Waals surface area contributed by atoms with E-state index >= 15 is 4.79 Å². The van der Waals surface area contributed by atoms with Gasteiger partial charge in [0.05, 0.1) is 50.0 Å².